The minimum Gasteiger partial charge on any atom is -0.872 e. The maximum absolute atomic E-state index is 12.5. The summed E-state index contributed by atoms with van der Waals surface area (Å²) in [6, 6.07) is 25.2. The third kappa shape index (κ3) is 7.89. The minimum absolute atomic E-state index is 0. The van der Waals surface area contributed by atoms with E-state index in [1.807, 2.05) is 60.7 Å². The molecule has 0 amide bonds. The molecule has 212 valence electrons. The molecule has 2 saturated carbocycles. The van der Waals surface area contributed by atoms with Crippen molar-refractivity contribution in [1.82, 2.24) is 9.80 Å². The Morgan fingerprint density at radius 2 is 0.902 bits per heavy atom. The van der Waals surface area contributed by atoms with Gasteiger partial charge in [-0.2, -0.15) is 0 Å². The molecule has 0 heterocycles. The molecule has 0 saturated heterocycles. The van der Waals surface area contributed by atoms with Crippen LogP contribution in [0.1, 0.15) is 75.3 Å². The van der Waals surface area contributed by atoms with E-state index in [0.29, 0.717) is 12.1 Å². The average Bonchev–Trinajstić information content (AvgIpc) is 3.01. The summed E-state index contributed by atoms with van der Waals surface area (Å²) in [6.07, 6.45) is 13.2. The van der Waals surface area contributed by atoms with Gasteiger partial charge in [0.05, 0.1) is 0 Å². The molecular weight excluding hydrogens is 558 g/mol. The molecule has 2 aliphatic carbocycles. The van der Waals surface area contributed by atoms with Crippen LogP contribution < -0.4 is 10.2 Å². The average molecular weight is 602 g/mol. The molecule has 2 fully saturated rings. The number of nitrogens with zero attached hydrogens (tertiary/aromatic N) is 2. The van der Waals surface area contributed by atoms with Crippen molar-refractivity contribution in [3.05, 3.63) is 83.9 Å². The van der Waals surface area contributed by atoms with E-state index in [0.717, 1.165) is 45.8 Å². The summed E-state index contributed by atoms with van der Waals surface area (Å²) < 4.78 is 0. The summed E-state index contributed by atoms with van der Waals surface area (Å²) in [6.45, 7) is 1.54. The van der Waals surface area contributed by atoms with Crippen LogP contribution >= 0.6 is 0 Å². The number of fused-ring (bicyclic) bond motifs is 2. The smallest absolute Gasteiger partial charge is 0.872 e. The Balaban J connectivity index is 0.000000184. The predicted molar refractivity (Wildman–Crippen MR) is 163 cm³/mol. The normalized spacial score (nSPS) is 16.5. The van der Waals surface area contributed by atoms with Crippen LogP contribution in [0.15, 0.2) is 72.8 Å². The van der Waals surface area contributed by atoms with Crippen molar-refractivity contribution in [3.63, 3.8) is 0 Å². The largest absolute Gasteiger partial charge is 2.00 e. The Kier molecular flexibility index (Phi) is 11.6. The van der Waals surface area contributed by atoms with Gasteiger partial charge >= 0.3 is 19.5 Å². The zero-order valence-corrected chi connectivity index (χ0v) is 28.0. The second-order valence-corrected chi connectivity index (χ2v) is 12.0. The summed E-state index contributed by atoms with van der Waals surface area (Å²) >= 11 is 0. The first kappa shape index (κ1) is 31.5. The van der Waals surface area contributed by atoms with E-state index < -0.39 is 0 Å². The number of rotatable bonds is 6. The van der Waals surface area contributed by atoms with Crippen molar-refractivity contribution in [2.75, 3.05) is 14.1 Å². The second kappa shape index (κ2) is 15.1. The van der Waals surface area contributed by atoms with Gasteiger partial charge in [-0.3, -0.25) is 9.80 Å². The van der Waals surface area contributed by atoms with Gasteiger partial charge in [-0.15, -0.1) is 0 Å². The van der Waals surface area contributed by atoms with E-state index in [1.54, 1.807) is 0 Å². The fourth-order valence-corrected chi connectivity index (χ4v) is 6.66. The summed E-state index contributed by atoms with van der Waals surface area (Å²) in [4.78, 5) is 4.73. The fourth-order valence-electron chi connectivity index (χ4n) is 6.66. The molecule has 0 unspecified atom stereocenters. The first-order chi connectivity index (χ1) is 19.5. The summed E-state index contributed by atoms with van der Waals surface area (Å²) in [5.74, 6) is 0.400. The molecule has 0 bridgehead atoms. The maximum Gasteiger partial charge on any atom is 2.00 e. The third-order valence-corrected chi connectivity index (χ3v) is 9.16. The van der Waals surface area contributed by atoms with Crippen molar-refractivity contribution in [3.8, 4) is 11.5 Å². The van der Waals surface area contributed by atoms with E-state index in [9.17, 15) is 10.2 Å². The van der Waals surface area contributed by atoms with Gasteiger partial charge < -0.3 is 10.2 Å². The Hall–Kier alpha value is -2.46. The van der Waals surface area contributed by atoms with Gasteiger partial charge in [0.2, 0.25) is 0 Å². The SMILES string of the molecule is CN(Cc1ccc2ccccc2c1[O-])C1CCCCC1.CN(Cc1ccc2ccccc2c1[O-])C1CCCCC1.[Zn+2]. The van der Waals surface area contributed by atoms with Crippen molar-refractivity contribution in [1.29, 1.82) is 0 Å². The topological polar surface area (TPSA) is 52.6 Å². The predicted octanol–water partition coefficient (Wildman–Crippen LogP) is 7.35. The van der Waals surface area contributed by atoms with Gasteiger partial charge in [-0.05, 0) is 72.5 Å². The minimum atomic E-state index is 0. The number of hydrogen-bond acceptors (Lipinski definition) is 4. The van der Waals surface area contributed by atoms with Crippen LogP contribution in [0, 0.1) is 0 Å². The van der Waals surface area contributed by atoms with Crippen LogP contribution in [0.2, 0.25) is 0 Å². The first-order valence-electron chi connectivity index (χ1n) is 15.3. The van der Waals surface area contributed by atoms with Crippen LogP contribution in [0.25, 0.3) is 21.5 Å². The molecule has 4 aromatic carbocycles. The Morgan fingerprint density at radius 3 is 1.29 bits per heavy atom. The molecule has 6 rings (SSSR count). The van der Waals surface area contributed by atoms with Crippen LogP contribution in [-0.4, -0.2) is 36.0 Å². The van der Waals surface area contributed by atoms with E-state index >= 15 is 0 Å². The van der Waals surface area contributed by atoms with Crippen molar-refractivity contribution in [2.24, 2.45) is 0 Å². The van der Waals surface area contributed by atoms with Gasteiger partial charge in [0.25, 0.3) is 0 Å². The first-order valence-corrected chi connectivity index (χ1v) is 15.3. The van der Waals surface area contributed by atoms with Gasteiger partial charge in [0.1, 0.15) is 0 Å². The molecule has 0 radical (unpaired) electrons. The molecule has 4 aromatic rings. The molecule has 0 N–H and O–H groups in total. The van der Waals surface area contributed by atoms with Crippen molar-refractivity contribution in [2.45, 2.75) is 89.4 Å². The molecule has 4 nitrogen and oxygen atoms in total. The number of hydrogen-bond donors (Lipinski definition) is 0. The van der Waals surface area contributed by atoms with Gasteiger partial charge in [-0.25, -0.2) is 0 Å². The zero-order chi connectivity index (χ0) is 27.9. The number of benzene rings is 4. The molecule has 41 heavy (non-hydrogen) atoms. The van der Waals surface area contributed by atoms with Crippen molar-refractivity contribution < 1.29 is 29.7 Å². The summed E-state index contributed by atoms with van der Waals surface area (Å²) in [5.41, 5.74) is 1.86. The van der Waals surface area contributed by atoms with E-state index in [-0.39, 0.29) is 31.0 Å². The zero-order valence-electron chi connectivity index (χ0n) is 25.0. The Morgan fingerprint density at radius 1 is 0.537 bits per heavy atom. The molecule has 0 aromatic heterocycles. The molecule has 0 spiro atoms. The van der Waals surface area contributed by atoms with Crippen molar-refractivity contribution >= 4 is 21.5 Å². The van der Waals surface area contributed by atoms with E-state index in [2.05, 4.69) is 36.0 Å². The second-order valence-electron chi connectivity index (χ2n) is 12.0. The molecule has 0 atom stereocenters. The van der Waals surface area contributed by atoms with Crippen LogP contribution in [0.5, 0.6) is 11.5 Å². The van der Waals surface area contributed by atoms with Gasteiger partial charge in [-0.1, -0.05) is 123 Å². The molecule has 2 aliphatic rings. The third-order valence-electron chi connectivity index (χ3n) is 9.16. The maximum atomic E-state index is 12.5. The Labute approximate surface area is 259 Å². The monoisotopic (exact) mass is 600 g/mol. The fraction of sp³-hybridized carbons (Fsp3) is 0.444. The van der Waals surface area contributed by atoms with Crippen LogP contribution in [0.3, 0.4) is 0 Å². The molecular formula is C36H44N2O2Zn. The molecule has 5 heteroatoms. The summed E-state index contributed by atoms with van der Waals surface area (Å²) in [7, 11) is 4.31. The van der Waals surface area contributed by atoms with E-state index in [4.69, 9.17) is 0 Å². The Bertz CT molecular complexity index is 1290. The van der Waals surface area contributed by atoms with Gasteiger partial charge in [0, 0.05) is 25.2 Å². The summed E-state index contributed by atoms with van der Waals surface area (Å²) in [5, 5.41) is 28.8. The quantitative estimate of drug-likeness (QED) is 0.217. The molecule has 0 aliphatic heterocycles. The van der Waals surface area contributed by atoms with Crippen LogP contribution in [0.4, 0.5) is 0 Å². The van der Waals surface area contributed by atoms with E-state index in [1.165, 1.54) is 64.2 Å². The standard InChI is InChI=1S/2C18H23NO.Zn/c2*1-19(16-8-3-2-4-9-16)13-15-12-11-14-7-5-6-10-17(14)18(15)20;/h2*5-7,10-12,16,20H,2-4,8-9,13H2,1H3;/q;;+2/p-2. The van der Waals surface area contributed by atoms with Gasteiger partial charge in [0.15, 0.2) is 0 Å². The van der Waals surface area contributed by atoms with Crippen LogP contribution in [-0.2, 0) is 32.6 Å².